The van der Waals surface area contributed by atoms with Gasteiger partial charge in [-0.25, -0.2) is 4.39 Å². The Bertz CT molecular complexity index is 188. The topological polar surface area (TPSA) is 41.1 Å². The third-order valence-corrected chi connectivity index (χ3v) is 2.27. The van der Waals surface area contributed by atoms with Crippen molar-refractivity contribution < 1.29 is 9.18 Å². The second-order valence-corrected chi connectivity index (χ2v) is 3.85. The zero-order valence-corrected chi connectivity index (χ0v) is 8.19. The molecule has 0 bridgehead atoms. The molecule has 0 aromatic heterocycles. The molecule has 13 heavy (non-hydrogen) atoms. The minimum Gasteiger partial charge on any atom is -0.313 e. The number of alkyl halides is 1. The lowest BCUT2D eigenvalue weighted by Gasteiger charge is -2.17. The molecule has 0 aromatic rings. The molecule has 1 fully saturated rings. The normalized spacial score (nSPS) is 28.3. The number of Topliss-reactive ketones (excluding diaryl/α,β-unsaturated/α-hetero) is 1. The minimum atomic E-state index is -1.62. The first-order valence-corrected chi connectivity index (χ1v) is 4.71. The van der Waals surface area contributed by atoms with Crippen LogP contribution in [0.25, 0.3) is 0 Å². The molecule has 1 aliphatic rings. The summed E-state index contributed by atoms with van der Waals surface area (Å²) in [5, 5.41) is 5.79. The fraction of sp³-hybridized carbons (Fsp3) is 0.889. The van der Waals surface area contributed by atoms with Crippen LogP contribution in [0.15, 0.2) is 0 Å². The summed E-state index contributed by atoms with van der Waals surface area (Å²) in [5.41, 5.74) is -1.62. The standard InChI is InChI=1S/C9H17FN2O/c1-7(2)12-5-8(13)9(10)3-4-11-6-9/h7,11-12H,3-6H2,1-2H3. The first-order valence-electron chi connectivity index (χ1n) is 4.71. The zero-order valence-electron chi connectivity index (χ0n) is 8.19. The molecule has 76 valence electrons. The van der Waals surface area contributed by atoms with Crippen molar-refractivity contribution in [3.63, 3.8) is 0 Å². The van der Waals surface area contributed by atoms with Crippen molar-refractivity contribution in [3.05, 3.63) is 0 Å². The Morgan fingerprint density at radius 3 is 2.85 bits per heavy atom. The molecule has 1 atom stereocenters. The van der Waals surface area contributed by atoms with Crippen LogP contribution in [0.1, 0.15) is 20.3 Å². The lowest BCUT2D eigenvalue weighted by Crippen LogP contribution is -2.43. The first kappa shape index (κ1) is 10.6. The van der Waals surface area contributed by atoms with Crippen molar-refractivity contribution in [1.29, 1.82) is 0 Å². The third kappa shape index (κ3) is 2.74. The van der Waals surface area contributed by atoms with E-state index < -0.39 is 5.67 Å². The van der Waals surface area contributed by atoms with Gasteiger partial charge in [-0.3, -0.25) is 4.79 Å². The summed E-state index contributed by atoms with van der Waals surface area (Å²) in [4.78, 5) is 11.4. The monoisotopic (exact) mass is 188 g/mol. The highest BCUT2D eigenvalue weighted by atomic mass is 19.1. The van der Waals surface area contributed by atoms with E-state index in [0.717, 1.165) is 0 Å². The average molecular weight is 188 g/mol. The van der Waals surface area contributed by atoms with Crippen molar-refractivity contribution in [1.82, 2.24) is 10.6 Å². The van der Waals surface area contributed by atoms with Gasteiger partial charge in [-0.1, -0.05) is 13.8 Å². The van der Waals surface area contributed by atoms with Crippen molar-refractivity contribution in [2.24, 2.45) is 0 Å². The molecule has 0 radical (unpaired) electrons. The van der Waals surface area contributed by atoms with Gasteiger partial charge >= 0.3 is 0 Å². The highest BCUT2D eigenvalue weighted by molar-refractivity contribution is 5.89. The number of hydrogen-bond acceptors (Lipinski definition) is 3. The van der Waals surface area contributed by atoms with Gasteiger partial charge in [0.15, 0.2) is 11.5 Å². The van der Waals surface area contributed by atoms with Crippen molar-refractivity contribution in [2.75, 3.05) is 19.6 Å². The fourth-order valence-corrected chi connectivity index (χ4v) is 1.35. The van der Waals surface area contributed by atoms with E-state index in [1.807, 2.05) is 13.8 Å². The molecule has 1 rings (SSSR count). The quantitative estimate of drug-likeness (QED) is 0.664. The molecule has 0 aromatic carbocycles. The summed E-state index contributed by atoms with van der Waals surface area (Å²) in [5.74, 6) is -0.328. The predicted octanol–water partition coefficient (Wildman–Crippen LogP) is 0.255. The molecule has 1 saturated heterocycles. The van der Waals surface area contributed by atoms with E-state index in [1.54, 1.807) is 0 Å². The van der Waals surface area contributed by atoms with E-state index in [-0.39, 0.29) is 24.9 Å². The zero-order chi connectivity index (χ0) is 9.90. The van der Waals surface area contributed by atoms with Crippen molar-refractivity contribution in [3.8, 4) is 0 Å². The molecular weight excluding hydrogens is 171 g/mol. The van der Waals surface area contributed by atoms with E-state index in [2.05, 4.69) is 10.6 Å². The van der Waals surface area contributed by atoms with Gasteiger partial charge in [0, 0.05) is 19.0 Å². The Morgan fingerprint density at radius 1 is 1.69 bits per heavy atom. The lowest BCUT2D eigenvalue weighted by atomic mass is 9.99. The SMILES string of the molecule is CC(C)NCC(=O)C1(F)CCNC1. The number of rotatable bonds is 4. The Morgan fingerprint density at radius 2 is 2.38 bits per heavy atom. The largest absolute Gasteiger partial charge is 0.313 e. The third-order valence-electron chi connectivity index (χ3n) is 2.27. The van der Waals surface area contributed by atoms with Crippen LogP contribution in [0.4, 0.5) is 4.39 Å². The van der Waals surface area contributed by atoms with E-state index in [9.17, 15) is 9.18 Å². The highest BCUT2D eigenvalue weighted by Gasteiger charge is 2.40. The second-order valence-electron chi connectivity index (χ2n) is 3.85. The summed E-state index contributed by atoms with van der Waals surface area (Å²) in [7, 11) is 0. The van der Waals surface area contributed by atoms with Gasteiger partial charge in [-0.05, 0) is 6.54 Å². The number of ketones is 1. The highest BCUT2D eigenvalue weighted by Crippen LogP contribution is 2.20. The van der Waals surface area contributed by atoms with Crippen LogP contribution >= 0.6 is 0 Å². The van der Waals surface area contributed by atoms with Gasteiger partial charge < -0.3 is 10.6 Å². The van der Waals surface area contributed by atoms with Crippen LogP contribution in [0.2, 0.25) is 0 Å². The lowest BCUT2D eigenvalue weighted by molar-refractivity contribution is -0.128. The molecule has 2 N–H and O–H groups in total. The number of carbonyl (C=O) groups is 1. The van der Waals surface area contributed by atoms with Gasteiger partial charge in [-0.2, -0.15) is 0 Å². The van der Waals surface area contributed by atoms with Crippen LogP contribution in [0.5, 0.6) is 0 Å². The molecule has 1 aliphatic heterocycles. The maximum atomic E-state index is 13.7. The van der Waals surface area contributed by atoms with Gasteiger partial charge in [0.05, 0.1) is 6.54 Å². The van der Waals surface area contributed by atoms with Gasteiger partial charge in [0.1, 0.15) is 0 Å². The Kier molecular flexibility index (Phi) is 3.39. The molecule has 0 saturated carbocycles. The Labute approximate surface area is 78.1 Å². The van der Waals surface area contributed by atoms with Crippen LogP contribution in [0, 0.1) is 0 Å². The summed E-state index contributed by atoms with van der Waals surface area (Å²) < 4.78 is 13.7. The molecule has 0 aliphatic carbocycles. The van der Waals surface area contributed by atoms with Gasteiger partial charge in [-0.15, -0.1) is 0 Å². The maximum Gasteiger partial charge on any atom is 0.185 e. The van der Waals surface area contributed by atoms with E-state index in [4.69, 9.17) is 0 Å². The van der Waals surface area contributed by atoms with E-state index >= 15 is 0 Å². The van der Waals surface area contributed by atoms with Gasteiger partial charge in [0.25, 0.3) is 0 Å². The molecule has 0 amide bonds. The number of hydrogen-bond donors (Lipinski definition) is 2. The number of halogens is 1. The summed E-state index contributed by atoms with van der Waals surface area (Å²) in [6.45, 7) is 4.78. The van der Waals surface area contributed by atoms with Crippen LogP contribution < -0.4 is 10.6 Å². The van der Waals surface area contributed by atoms with Crippen molar-refractivity contribution >= 4 is 5.78 Å². The minimum absolute atomic E-state index is 0.135. The molecule has 0 spiro atoms. The van der Waals surface area contributed by atoms with Gasteiger partial charge in [0.2, 0.25) is 0 Å². The number of carbonyl (C=O) groups excluding carboxylic acids is 1. The predicted molar refractivity (Wildman–Crippen MR) is 49.5 cm³/mol. The average Bonchev–Trinajstić information content (AvgIpc) is 2.49. The molecule has 1 unspecified atom stereocenters. The first-order chi connectivity index (χ1) is 6.04. The molecule has 1 heterocycles. The summed E-state index contributed by atoms with van der Waals surface area (Å²) >= 11 is 0. The van der Waals surface area contributed by atoms with Crippen molar-refractivity contribution in [2.45, 2.75) is 32.0 Å². The van der Waals surface area contributed by atoms with Crippen LogP contribution in [-0.2, 0) is 4.79 Å². The van der Waals surface area contributed by atoms with E-state index in [0.29, 0.717) is 13.0 Å². The van der Waals surface area contributed by atoms with Crippen LogP contribution in [0.3, 0.4) is 0 Å². The Balaban J connectivity index is 2.38. The second kappa shape index (κ2) is 4.15. The van der Waals surface area contributed by atoms with E-state index in [1.165, 1.54) is 0 Å². The Hall–Kier alpha value is -0.480. The fourth-order valence-electron chi connectivity index (χ4n) is 1.35. The molecule has 3 nitrogen and oxygen atoms in total. The maximum absolute atomic E-state index is 13.7. The smallest absolute Gasteiger partial charge is 0.185 e. The van der Waals surface area contributed by atoms with Crippen LogP contribution in [-0.4, -0.2) is 37.1 Å². The number of nitrogens with one attached hydrogen (secondary N) is 2. The summed E-state index contributed by atoms with van der Waals surface area (Å²) in [6.07, 6.45) is 0.311. The summed E-state index contributed by atoms with van der Waals surface area (Å²) in [6, 6.07) is 0.224. The molecule has 4 heteroatoms. The molecular formula is C9H17FN2O.